The summed E-state index contributed by atoms with van der Waals surface area (Å²) in [6, 6.07) is 3.94. The van der Waals surface area contributed by atoms with Crippen LogP contribution in [0, 0.1) is 0 Å². The molecule has 86 valence electrons. The van der Waals surface area contributed by atoms with Crippen LogP contribution in [0.5, 0.6) is 0 Å². The molecule has 3 N–H and O–H groups in total. The Morgan fingerprint density at radius 1 is 1.50 bits per heavy atom. The van der Waals surface area contributed by atoms with Crippen molar-refractivity contribution in [2.24, 2.45) is 0 Å². The van der Waals surface area contributed by atoms with Gasteiger partial charge in [0.1, 0.15) is 11.4 Å². The first-order valence-corrected chi connectivity index (χ1v) is 5.90. The minimum Gasteiger partial charge on any atom is -0.393 e. The quantitative estimate of drug-likeness (QED) is 0.754. The summed E-state index contributed by atoms with van der Waals surface area (Å²) >= 11 is 1.65. The van der Waals surface area contributed by atoms with Gasteiger partial charge in [0.05, 0.1) is 6.61 Å². The van der Waals surface area contributed by atoms with Gasteiger partial charge < -0.3 is 15.5 Å². The summed E-state index contributed by atoms with van der Waals surface area (Å²) < 4.78 is 1.15. The molecule has 0 aliphatic heterocycles. The molecule has 0 aliphatic carbocycles. The van der Waals surface area contributed by atoms with Crippen LogP contribution in [0.1, 0.15) is 6.92 Å². The van der Waals surface area contributed by atoms with Gasteiger partial charge in [0.15, 0.2) is 0 Å². The molecular formula is C11H14N2O2S. The molecule has 2 heterocycles. The van der Waals surface area contributed by atoms with Gasteiger partial charge >= 0.3 is 0 Å². The van der Waals surface area contributed by atoms with Crippen LogP contribution in [0.2, 0.25) is 0 Å². The molecule has 0 radical (unpaired) electrons. The molecule has 0 saturated heterocycles. The monoisotopic (exact) mass is 238 g/mol. The second-order valence-electron chi connectivity index (χ2n) is 4.00. The van der Waals surface area contributed by atoms with Gasteiger partial charge in [-0.3, -0.25) is 0 Å². The van der Waals surface area contributed by atoms with Crippen LogP contribution in [0.25, 0.3) is 10.1 Å². The number of thiophene rings is 1. The number of rotatable bonds is 4. The molecule has 2 aromatic heterocycles. The van der Waals surface area contributed by atoms with E-state index in [0.717, 1.165) is 15.9 Å². The second-order valence-corrected chi connectivity index (χ2v) is 4.95. The fourth-order valence-electron chi connectivity index (χ4n) is 1.37. The topological polar surface area (TPSA) is 65.4 Å². The number of nitrogens with zero attached hydrogens (tertiary/aromatic N) is 1. The third-order valence-corrected chi connectivity index (χ3v) is 3.24. The van der Waals surface area contributed by atoms with E-state index < -0.39 is 5.60 Å². The molecule has 2 rings (SSSR count). The number of hydrogen-bond acceptors (Lipinski definition) is 5. The number of fused-ring (bicyclic) bond motifs is 1. The maximum atomic E-state index is 9.67. The first-order chi connectivity index (χ1) is 7.62. The summed E-state index contributed by atoms with van der Waals surface area (Å²) in [5, 5.41) is 24.7. The molecule has 16 heavy (non-hydrogen) atoms. The summed E-state index contributed by atoms with van der Waals surface area (Å²) in [5.74, 6) is 0.743. The van der Waals surface area contributed by atoms with Crippen molar-refractivity contribution in [1.29, 1.82) is 0 Å². The van der Waals surface area contributed by atoms with Gasteiger partial charge in [-0.25, -0.2) is 4.98 Å². The van der Waals surface area contributed by atoms with Crippen LogP contribution < -0.4 is 5.32 Å². The lowest BCUT2D eigenvalue weighted by Gasteiger charge is -2.21. The fraction of sp³-hybridized carbons (Fsp3) is 0.364. The van der Waals surface area contributed by atoms with E-state index in [-0.39, 0.29) is 13.2 Å². The molecule has 0 saturated carbocycles. The zero-order valence-electron chi connectivity index (χ0n) is 8.97. The van der Waals surface area contributed by atoms with E-state index in [1.54, 1.807) is 24.5 Å². The average Bonchev–Trinajstić information content (AvgIpc) is 2.75. The Bertz CT molecular complexity index is 482. The van der Waals surface area contributed by atoms with Crippen LogP contribution >= 0.6 is 11.3 Å². The van der Waals surface area contributed by atoms with Crippen molar-refractivity contribution >= 4 is 27.2 Å². The summed E-state index contributed by atoms with van der Waals surface area (Å²) in [6.45, 7) is 1.57. The number of aromatic nitrogens is 1. The highest BCUT2D eigenvalue weighted by molar-refractivity contribution is 7.17. The standard InChI is InChI=1S/C11H14N2O2S/c1-11(15,7-14)6-13-10-8-3-5-16-9(8)2-4-12-10/h2-5,14-15H,6-7H2,1H3,(H,12,13). The number of aliphatic hydroxyl groups excluding tert-OH is 1. The lowest BCUT2D eigenvalue weighted by molar-refractivity contribution is 0.0132. The van der Waals surface area contributed by atoms with Crippen molar-refractivity contribution in [2.45, 2.75) is 12.5 Å². The number of nitrogens with one attached hydrogen (secondary N) is 1. The van der Waals surface area contributed by atoms with Crippen LogP contribution in [0.15, 0.2) is 23.7 Å². The summed E-state index contributed by atoms with van der Waals surface area (Å²) in [5.41, 5.74) is -1.13. The minimum atomic E-state index is -1.13. The Morgan fingerprint density at radius 2 is 2.31 bits per heavy atom. The van der Waals surface area contributed by atoms with E-state index in [1.165, 1.54) is 0 Å². The molecule has 1 unspecified atom stereocenters. The second kappa shape index (κ2) is 4.37. The van der Waals surface area contributed by atoms with Crippen molar-refractivity contribution < 1.29 is 10.2 Å². The molecule has 0 aliphatic rings. The van der Waals surface area contributed by atoms with Crippen molar-refractivity contribution in [3.63, 3.8) is 0 Å². The van der Waals surface area contributed by atoms with Gasteiger partial charge in [-0.1, -0.05) is 0 Å². The SMILES string of the molecule is CC(O)(CO)CNc1nccc2sccc12. The molecule has 0 fully saturated rings. The molecule has 0 amide bonds. The third-order valence-electron chi connectivity index (χ3n) is 2.36. The molecule has 0 aromatic carbocycles. The Kier molecular flexibility index (Phi) is 3.09. The van der Waals surface area contributed by atoms with E-state index in [1.807, 2.05) is 17.5 Å². The zero-order chi connectivity index (χ0) is 11.6. The summed E-state index contributed by atoms with van der Waals surface area (Å²) in [4.78, 5) is 4.22. The highest BCUT2D eigenvalue weighted by atomic mass is 32.1. The van der Waals surface area contributed by atoms with Crippen molar-refractivity contribution in [2.75, 3.05) is 18.5 Å². The van der Waals surface area contributed by atoms with Gasteiger partial charge in [0.25, 0.3) is 0 Å². The van der Waals surface area contributed by atoms with Crippen LogP contribution in [-0.4, -0.2) is 33.9 Å². The predicted molar refractivity (Wildman–Crippen MR) is 65.8 cm³/mol. The van der Waals surface area contributed by atoms with E-state index in [4.69, 9.17) is 5.11 Å². The molecule has 0 bridgehead atoms. The smallest absolute Gasteiger partial charge is 0.134 e. The Hall–Kier alpha value is -1.17. The van der Waals surface area contributed by atoms with Crippen molar-refractivity contribution in [1.82, 2.24) is 4.98 Å². The molecule has 2 aromatic rings. The largest absolute Gasteiger partial charge is 0.393 e. The fourth-order valence-corrected chi connectivity index (χ4v) is 2.15. The van der Waals surface area contributed by atoms with Gasteiger partial charge in [-0.2, -0.15) is 0 Å². The Balaban J connectivity index is 2.18. The highest BCUT2D eigenvalue weighted by Gasteiger charge is 2.19. The van der Waals surface area contributed by atoms with Crippen LogP contribution in [0.3, 0.4) is 0 Å². The summed E-state index contributed by atoms with van der Waals surface area (Å²) in [7, 11) is 0. The van der Waals surface area contributed by atoms with Crippen molar-refractivity contribution in [3.8, 4) is 0 Å². The third kappa shape index (κ3) is 2.32. The molecule has 5 heteroatoms. The van der Waals surface area contributed by atoms with Gasteiger partial charge in [-0.15, -0.1) is 11.3 Å². The molecule has 0 spiro atoms. The number of anilines is 1. The first-order valence-electron chi connectivity index (χ1n) is 5.02. The van der Waals surface area contributed by atoms with E-state index in [2.05, 4.69) is 10.3 Å². The average molecular weight is 238 g/mol. The van der Waals surface area contributed by atoms with Gasteiger partial charge in [-0.05, 0) is 24.4 Å². The molecular weight excluding hydrogens is 224 g/mol. The lowest BCUT2D eigenvalue weighted by atomic mass is 10.1. The number of pyridine rings is 1. The van der Waals surface area contributed by atoms with Gasteiger partial charge in [0, 0.05) is 22.8 Å². The van der Waals surface area contributed by atoms with Crippen molar-refractivity contribution in [3.05, 3.63) is 23.7 Å². The highest BCUT2D eigenvalue weighted by Crippen LogP contribution is 2.25. The van der Waals surface area contributed by atoms with Crippen LogP contribution in [0.4, 0.5) is 5.82 Å². The van der Waals surface area contributed by atoms with E-state index in [0.29, 0.717) is 0 Å². The Morgan fingerprint density at radius 3 is 3.06 bits per heavy atom. The minimum absolute atomic E-state index is 0.269. The Labute approximate surface area is 97.6 Å². The molecule has 1 atom stereocenters. The lowest BCUT2D eigenvalue weighted by Crippen LogP contribution is -2.37. The number of aliphatic hydroxyl groups is 2. The first kappa shape index (κ1) is 11.3. The number of hydrogen-bond donors (Lipinski definition) is 3. The normalized spacial score (nSPS) is 14.9. The summed E-state index contributed by atoms with van der Waals surface area (Å²) in [6.07, 6.45) is 1.73. The predicted octanol–water partition coefficient (Wildman–Crippen LogP) is 1.45. The zero-order valence-corrected chi connectivity index (χ0v) is 9.79. The van der Waals surface area contributed by atoms with E-state index in [9.17, 15) is 5.11 Å². The maximum Gasteiger partial charge on any atom is 0.134 e. The van der Waals surface area contributed by atoms with Crippen LogP contribution in [-0.2, 0) is 0 Å². The molecule has 4 nitrogen and oxygen atoms in total. The van der Waals surface area contributed by atoms with E-state index >= 15 is 0 Å². The maximum absolute atomic E-state index is 9.67. The van der Waals surface area contributed by atoms with Gasteiger partial charge in [0.2, 0.25) is 0 Å².